The molecule has 1 aromatic heterocycles. The summed E-state index contributed by atoms with van der Waals surface area (Å²) in [6, 6.07) is 8.91. The Bertz CT molecular complexity index is 613. The lowest BCUT2D eigenvalue weighted by Gasteiger charge is -2.10. The van der Waals surface area contributed by atoms with Crippen LogP contribution in [0.25, 0.3) is 10.9 Å². The molecule has 1 aromatic carbocycles. The summed E-state index contributed by atoms with van der Waals surface area (Å²) in [6.45, 7) is 1.58. The van der Waals surface area contributed by atoms with Crippen molar-refractivity contribution in [2.75, 3.05) is 7.05 Å². The van der Waals surface area contributed by atoms with Gasteiger partial charge in [-0.2, -0.15) is 0 Å². The monoisotopic (exact) mass is 271 g/mol. The van der Waals surface area contributed by atoms with Crippen molar-refractivity contribution in [2.45, 2.75) is 38.4 Å². The van der Waals surface area contributed by atoms with Gasteiger partial charge in [-0.3, -0.25) is 4.79 Å². The summed E-state index contributed by atoms with van der Waals surface area (Å²) in [5.41, 5.74) is 2.51. The molecule has 1 aliphatic rings. The number of nitrogens with one attached hydrogen (secondary N) is 2. The van der Waals surface area contributed by atoms with Crippen molar-refractivity contribution in [1.29, 1.82) is 0 Å². The number of benzene rings is 1. The Labute approximate surface area is 119 Å². The lowest BCUT2D eigenvalue weighted by atomic mass is 10.1. The molecule has 0 unspecified atom stereocenters. The highest BCUT2D eigenvalue weighted by Crippen LogP contribution is 2.21. The van der Waals surface area contributed by atoms with Crippen LogP contribution in [0.4, 0.5) is 0 Å². The number of carbonyl (C=O) groups excluding carboxylic acids is 1. The third-order valence-electron chi connectivity index (χ3n) is 3.76. The molecule has 0 aliphatic heterocycles. The molecule has 0 spiro atoms. The molecule has 2 N–H and O–H groups in total. The van der Waals surface area contributed by atoms with Crippen LogP contribution in [0.5, 0.6) is 0 Å². The summed E-state index contributed by atoms with van der Waals surface area (Å²) in [6.07, 6.45) is 4.91. The van der Waals surface area contributed by atoms with Gasteiger partial charge in [0.1, 0.15) is 0 Å². The van der Waals surface area contributed by atoms with Gasteiger partial charge in [0.2, 0.25) is 5.91 Å². The maximum Gasteiger partial charge on any atom is 0.222 e. The van der Waals surface area contributed by atoms with Crippen LogP contribution < -0.4 is 10.6 Å². The Morgan fingerprint density at radius 1 is 1.35 bits per heavy atom. The van der Waals surface area contributed by atoms with Gasteiger partial charge >= 0.3 is 0 Å². The largest absolute Gasteiger partial charge is 0.353 e. The molecule has 0 bridgehead atoms. The van der Waals surface area contributed by atoms with Crippen molar-refractivity contribution >= 4 is 16.8 Å². The average Bonchev–Trinajstić information content (AvgIpc) is 3.15. The molecule has 106 valence electrons. The number of hydrogen-bond donors (Lipinski definition) is 2. The van der Waals surface area contributed by atoms with Crippen LogP contribution >= 0.6 is 0 Å². The Morgan fingerprint density at radius 2 is 2.20 bits per heavy atom. The smallest absolute Gasteiger partial charge is 0.222 e. The molecular weight excluding hydrogens is 250 g/mol. The highest BCUT2D eigenvalue weighted by atomic mass is 16.1. The number of aryl methyl sites for hydroxylation is 1. The van der Waals surface area contributed by atoms with E-state index in [1.54, 1.807) is 0 Å². The van der Waals surface area contributed by atoms with Crippen LogP contribution in [-0.2, 0) is 17.9 Å². The number of carbonyl (C=O) groups is 1. The summed E-state index contributed by atoms with van der Waals surface area (Å²) in [5, 5.41) is 7.48. The van der Waals surface area contributed by atoms with Crippen LogP contribution in [0.2, 0.25) is 0 Å². The van der Waals surface area contributed by atoms with Crippen molar-refractivity contribution in [3.8, 4) is 0 Å². The number of hydrogen-bond acceptors (Lipinski definition) is 2. The van der Waals surface area contributed by atoms with Crippen LogP contribution in [0.1, 0.15) is 24.8 Å². The Kier molecular flexibility index (Phi) is 3.74. The van der Waals surface area contributed by atoms with E-state index in [4.69, 9.17) is 0 Å². The second-order valence-electron chi connectivity index (χ2n) is 5.49. The highest BCUT2D eigenvalue weighted by molar-refractivity contribution is 5.83. The molecule has 2 aromatic rings. The van der Waals surface area contributed by atoms with E-state index in [2.05, 4.69) is 45.7 Å². The number of fused-ring (bicyclic) bond motifs is 1. The molecule has 4 nitrogen and oxygen atoms in total. The summed E-state index contributed by atoms with van der Waals surface area (Å²) in [4.78, 5) is 11.8. The zero-order valence-corrected chi connectivity index (χ0v) is 11.9. The van der Waals surface area contributed by atoms with Gasteiger partial charge in [-0.05, 0) is 36.9 Å². The van der Waals surface area contributed by atoms with Crippen molar-refractivity contribution in [2.24, 2.45) is 0 Å². The zero-order valence-electron chi connectivity index (χ0n) is 11.9. The number of rotatable bonds is 6. The summed E-state index contributed by atoms with van der Waals surface area (Å²) in [5.74, 6) is 0.167. The number of amides is 1. The van der Waals surface area contributed by atoms with Gasteiger partial charge < -0.3 is 15.2 Å². The fourth-order valence-electron chi connectivity index (χ4n) is 2.61. The van der Waals surface area contributed by atoms with Crippen molar-refractivity contribution in [1.82, 2.24) is 15.2 Å². The number of aromatic nitrogens is 1. The maximum atomic E-state index is 11.8. The zero-order chi connectivity index (χ0) is 13.9. The van der Waals surface area contributed by atoms with E-state index in [9.17, 15) is 4.79 Å². The summed E-state index contributed by atoms with van der Waals surface area (Å²) < 4.78 is 2.19. The molecule has 0 saturated heterocycles. The third-order valence-corrected chi connectivity index (χ3v) is 3.76. The predicted molar refractivity (Wildman–Crippen MR) is 80.5 cm³/mol. The normalized spacial score (nSPS) is 14.7. The maximum absolute atomic E-state index is 11.8. The molecular formula is C16H21N3O. The summed E-state index contributed by atoms with van der Waals surface area (Å²) >= 11 is 0. The van der Waals surface area contributed by atoms with E-state index < -0.39 is 0 Å². The first-order valence-corrected chi connectivity index (χ1v) is 7.28. The SMILES string of the molecule is CNCc1cccc2ccn(CCC(=O)NC3CC3)c12. The van der Waals surface area contributed by atoms with E-state index in [1.807, 2.05) is 7.05 Å². The molecule has 0 atom stereocenters. The second-order valence-corrected chi connectivity index (χ2v) is 5.49. The molecule has 4 heteroatoms. The Balaban J connectivity index is 1.74. The number of para-hydroxylation sites is 1. The fraction of sp³-hybridized carbons (Fsp3) is 0.438. The molecule has 3 rings (SSSR count). The first-order chi connectivity index (χ1) is 9.78. The lowest BCUT2D eigenvalue weighted by molar-refractivity contribution is -0.121. The fourth-order valence-corrected chi connectivity index (χ4v) is 2.61. The van der Waals surface area contributed by atoms with E-state index in [0.717, 1.165) is 25.9 Å². The van der Waals surface area contributed by atoms with Gasteiger partial charge in [-0.25, -0.2) is 0 Å². The molecule has 0 radical (unpaired) electrons. The summed E-state index contributed by atoms with van der Waals surface area (Å²) in [7, 11) is 1.95. The van der Waals surface area contributed by atoms with Gasteiger partial charge in [0.15, 0.2) is 0 Å². The average molecular weight is 271 g/mol. The van der Waals surface area contributed by atoms with Gasteiger partial charge in [0.05, 0.1) is 5.52 Å². The van der Waals surface area contributed by atoms with Crippen molar-refractivity contribution in [3.63, 3.8) is 0 Å². The quantitative estimate of drug-likeness (QED) is 0.844. The molecule has 1 fully saturated rings. The topological polar surface area (TPSA) is 46.1 Å². The minimum Gasteiger partial charge on any atom is -0.353 e. The number of nitrogens with zero attached hydrogens (tertiary/aromatic N) is 1. The minimum atomic E-state index is 0.167. The van der Waals surface area contributed by atoms with Gasteiger partial charge in [-0.15, -0.1) is 0 Å². The van der Waals surface area contributed by atoms with Crippen LogP contribution in [0.3, 0.4) is 0 Å². The van der Waals surface area contributed by atoms with Crippen molar-refractivity contribution in [3.05, 3.63) is 36.0 Å². The van der Waals surface area contributed by atoms with E-state index in [1.165, 1.54) is 16.5 Å². The first-order valence-electron chi connectivity index (χ1n) is 7.28. The van der Waals surface area contributed by atoms with E-state index in [0.29, 0.717) is 12.5 Å². The van der Waals surface area contributed by atoms with Gasteiger partial charge in [-0.1, -0.05) is 18.2 Å². The third kappa shape index (κ3) is 2.85. The molecule has 1 amide bonds. The molecule has 20 heavy (non-hydrogen) atoms. The van der Waals surface area contributed by atoms with Gasteiger partial charge in [0.25, 0.3) is 0 Å². The second kappa shape index (κ2) is 5.67. The van der Waals surface area contributed by atoms with E-state index >= 15 is 0 Å². The lowest BCUT2D eigenvalue weighted by Crippen LogP contribution is -2.26. The Hall–Kier alpha value is -1.81. The first kappa shape index (κ1) is 13.2. The van der Waals surface area contributed by atoms with Crippen LogP contribution in [0, 0.1) is 0 Å². The minimum absolute atomic E-state index is 0.167. The van der Waals surface area contributed by atoms with Crippen molar-refractivity contribution < 1.29 is 4.79 Å². The predicted octanol–water partition coefficient (Wildman–Crippen LogP) is 2.03. The molecule has 1 heterocycles. The standard InChI is InChI=1S/C16H21N3O/c1-17-11-13-4-2-3-12-7-9-19(16(12)13)10-8-15(20)18-14-5-6-14/h2-4,7,9,14,17H,5-6,8,10-11H2,1H3,(H,18,20). The Morgan fingerprint density at radius 3 is 2.95 bits per heavy atom. The molecule has 1 saturated carbocycles. The van der Waals surface area contributed by atoms with Crippen LogP contribution in [-0.4, -0.2) is 23.6 Å². The highest BCUT2D eigenvalue weighted by Gasteiger charge is 2.22. The molecule has 1 aliphatic carbocycles. The van der Waals surface area contributed by atoms with Gasteiger partial charge in [0, 0.05) is 31.7 Å². The van der Waals surface area contributed by atoms with Crippen LogP contribution in [0.15, 0.2) is 30.5 Å². The van der Waals surface area contributed by atoms with E-state index in [-0.39, 0.29) is 5.91 Å².